The van der Waals surface area contributed by atoms with Crippen molar-refractivity contribution in [3.63, 3.8) is 0 Å². The fourth-order valence-corrected chi connectivity index (χ4v) is 0.979. The van der Waals surface area contributed by atoms with Gasteiger partial charge in [0.1, 0.15) is 0 Å². The van der Waals surface area contributed by atoms with Gasteiger partial charge in [0.15, 0.2) is 0 Å². The molecule has 0 unspecified atom stereocenters. The van der Waals surface area contributed by atoms with Gasteiger partial charge in [0.25, 0.3) is 0 Å². The van der Waals surface area contributed by atoms with Crippen LogP contribution in [0.2, 0.25) is 0 Å². The van der Waals surface area contributed by atoms with Gasteiger partial charge in [-0.05, 0) is 0 Å². The molecule has 0 atom stereocenters. The van der Waals surface area contributed by atoms with Gasteiger partial charge in [-0.1, -0.05) is 0 Å². The Morgan fingerprint density at radius 2 is 1.50 bits per heavy atom. The summed E-state index contributed by atoms with van der Waals surface area (Å²) in [6.45, 7) is 2.81. The predicted molar refractivity (Wildman–Crippen MR) is 29.5 cm³/mol. The van der Waals surface area contributed by atoms with Crippen LogP contribution in [0.25, 0.3) is 0 Å². The average molecular weight is 140 g/mol. The van der Waals surface area contributed by atoms with E-state index in [0.29, 0.717) is 0 Å². The summed E-state index contributed by atoms with van der Waals surface area (Å²) in [7, 11) is 2.26. The second kappa shape index (κ2) is 5.35. The first kappa shape index (κ1) is 11.1. The lowest BCUT2D eigenvalue weighted by Gasteiger charge is -1.98. The Balaban J connectivity index is 0. The van der Waals surface area contributed by atoms with E-state index in [1.165, 1.54) is 25.9 Å². The molecule has 1 aliphatic heterocycles. The molecule has 0 saturated carbocycles. The standard InChI is InChI=1S/C5H11N.ClH.H2O/c1-6-4-2-3-5-6;;/h2-5H2,1H3;1H;1H2. The minimum absolute atomic E-state index is 0. The Morgan fingerprint density at radius 3 is 1.62 bits per heavy atom. The van der Waals surface area contributed by atoms with Crippen LogP contribution in [0.4, 0.5) is 0 Å². The van der Waals surface area contributed by atoms with Gasteiger partial charge in [0.05, 0.1) is 20.1 Å². The van der Waals surface area contributed by atoms with Crippen molar-refractivity contribution in [2.24, 2.45) is 0 Å². The van der Waals surface area contributed by atoms with E-state index in [0.717, 1.165) is 0 Å². The van der Waals surface area contributed by atoms with Crippen LogP contribution in [0.3, 0.4) is 0 Å². The summed E-state index contributed by atoms with van der Waals surface area (Å²) in [5.41, 5.74) is 0. The zero-order valence-corrected chi connectivity index (χ0v) is 5.96. The molecule has 1 saturated heterocycles. The lowest BCUT2D eigenvalue weighted by atomic mass is 10.4. The summed E-state index contributed by atoms with van der Waals surface area (Å²) >= 11 is 0. The molecule has 0 aromatic rings. The van der Waals surface area contributed by atoms with E-state index < -0.39 is 0 Å². The van der Waals surface area contributed by atoms with Crippen molar-refractivity contribution in [3.05, 3.63) is 0 Å². The van der Waals surface area contributed by atoms with Crippen LogP contribution in [-0.2, 0) is 0 Å². The highest BCUT2D eigenvalue weighted by molar-refractivity contribution is 4.40. The summed E-state index contributed by atoms with van der Waals surface area (Å²) in [5, 5.41) is 0. The van der Waals surface area contributed by atoms with Crippen molar-refractivity contribution in [3.8, 4) is 0 Å². The third-order valence-electron chi connectivity index (χ3n) is 1.46. The lowest BCUT2D eigenvalue weighted by Crippen LogP contribution is -3.06. The van der Waals surface area contributed by atoms with Crippen LogP contribution in [0, 0.1) is 0 Å². The molecule has 0 aromatic carbocycles. The van der Waals surface area contributed by atoms with Crippen molar-refractivity contribution in [2.75, 3.05) is 20.1 Å². The molecule has 0 aliphatic carbocycles. The first-order valence-corrected chi connectivity index (χ1v) is 2.71. The summed E-state index contributed by atoms with van der Waals surface area (Å²) in [6.07, 6.45) is 2.90. The van der Waals surface area contributed by atoms with E-state index in [1.807, 2.05) is 0 Å². The molecule has 8 heavy (non-hydrogen) atoms. The summed E-state index contributed by atoms with van der Waals surface area (Å²) in [4.78, 5) is 1.70. The van der Waals surface area contributed by atoms with E-state index in [-0.39, 0.29) is 17.9 Å². The van der Waals surface area contributed by atoms with Crippen LogP contribution in [-0.4, -0.2) is 25.6 Å². The highest BCUT2D eigenvalue weighted by Gasteiger charge is 2.07. The molecule has 0 amide bonds. The molecule has 0 bridgehead atoms. The molecule has 0 radical (unpaired) electrons. The third-order valence-corrected chi connectivity index (χ3v) is 1.46. The topological polar surface area (TPSA) is 35.9 Å². The number of quaternary nitrogens is 1. The maximum atomic E-state index is 2.26. The first-order valence-electron chi connectivity index (χ1n) is 2.71. The van der Waals surface area contributed by atoms with Crippen LogP contribution < -0.4 is 17.3 Å². The van der Waals surface area contributed by atoms with Gasteiger partial charge in [0, 0.05) is 12.8 Å². The van der Waals surface area contributed by atoms with Crippen LogP contribution in [0.1, 0.15) is 12.8 Å². The number of hydrogen-bond acceptors (Lipinski definition) is 0. The molecule has 0 aromatic heterocycles. The SMILES string of the molecule is C[NH+]1CCCC1.O.[Cl-]. The molecule has 1 fully saturated rings. The quantitative estimate of drug-likeness (QED) is 0.351. The normalized spacial score (nSPS) is 19.1. The number of likely N-dealkylation sites (tertiary alicyclic amines) is 1. The fraction of sp³-hybridized carbons (Fsp3) is 1.00. The average Bonchev–Trinajstić information content (AvgIpc) is 1.86. The van der Waals surface area contributed by atoms with Gasteiger partial charge in [-0.2, -0.15) is 0 Å². The molecule has 1 rings (SSSR count). The zero-order valence-electron chi connectivity index (χ0n) is 5.21. The minimum atomic E-state index is 0. The maximum absolute atomic E-state index is 2.26. The van der Waals surface area contributed by atoms with E-state index >= 15 is 0 Å². The monoisotopic (exact) mass is 139 g/mol. The minimum Gasteiger partial charge on any atom is -1.00 e. The maximum Gasteiger partial charge on any atom is 0.0771 e. The molecule has 1 heterocycles. The number of hydrogen-bond donors (Lipinski definition) is 1. The van der Waals surface area contributed by atoms with E-state index in [9.17, 15) is 0 Å². The van der Waals surface area contributed by atoms with Crippen molar-refractivity contribution in [2.45, 2.75) is 12.8 Å². The number of nitrogens with one attached hydrogen (secondary N) is 1. The molecule has 3 N–H and O–H groups in total. The largest absolute Gasteiger partial charge is 1.00 e. The number of halogens is 1. The molecule has 52 valence electrons. The third kappa shape index (κ3) is 3.24. The molecule has 1 aliphatic rings. The van der Waals surface area contributed by atoms with Gasteiger partial charge in [0.2, 0.25) is 0 Å². The highest BCUT2D eigenvalue weighted by atomic mass is 35.5. The van der Waals surface area contributed by atoms with Crippen molar-refractivity contribution in [1.82, 2.24) is 0 Å². The predicted octanol–water partition coefficient (Wildman–Crippen LogP) is -4.53. The highest BCUT2D eigenvalue weighted by Crippen LogP contribution is 1.84. The van der Waals surface area contributed by atoms with Crippen LogP contribution >= 0.6 is 0 Å². The van der Waals surface area contributed by atoms with Gasteiger partial charge < -0.3 is 22.8 Å². The molecular weight excluding hydrogens is 126 g/mol. The smallest absolute Gasteiger partial charge is 0.0771 e. The van der Waals surface area contributed by atoms with E-state index in [4.69, 9.17) is 0 Å². The fourth-order valence-electron chi connectivity index (χ4n) is 0.979. The Hall–Kier alpha value is 0.210. The first-order chi connectivity index (χ1) is 2.89. The van der Waals surface area contributed by atoms with E-state index in [1.54, 1.807) is 4.90 Å². The van der Waals surface area contributed by atoms with Crippen LogP contribution in [0.5, 0.6) is 0 Å². The van der Waals surface area contributed by atoms with Crippen molar-refractivity contribution >= 4 is 0 Å². The van der Waals surface area contributed by atoms with Crippen molar-refractivity contribution < 1.29 is 22.8 Å². The Labute approximate surface area is 56.6 Å². The lowest BCUT2D eigenvalue weighted by molar-refractivity contribution is -0.866. The summed E-state index contributed by atoms with van der Waals surface area (Å²) < 4.78 is 0. The summed E-state index contributed by atoms with van der Waals surface area (Å²) in [6, 6.07) is 0. The van der Waals surface area contributed by atoms with Gasteiger partial charge >= 0.3 is 0 Å². The zero-order chi connectivity index (χ0) is 4.41. The Kier molecular flexibility index (Phi) is 7.40. The molecule has 0 spiro atoms. The second-order valence-corrected chi connectivity index (χ2v) is 2.16. The Morgan fingerprint density at radius 1 is 1.12 bits per heavy atom. The van der Waals surface area contributed by atoms with Gasteiger partial charge in [-0.3, -0.25) is 0 Å². The summed E-state index contributed by atoms with van der Waals surface area (Å²) in [5.74, 6) is 0. The van der Waals surface area contributed by atoms with Crippen LogP contribution in [0.15, 0.2) is 0 Å². The number of rotatable bonds is 0. The Bertz CT molecular complexity index is 45.7. The molecule has 2 nitrogen and oxygen atoms in total. The van der Waals surface area contributed by atoms with Gasteiger partial charge in [-0.15, -0.1) is 0 Å². The molecular formula is C5H14ClNO. The molecule has 3 heteroatoms. The van der Waals surface area contributed by atoms with E-state index in [2.05, 4.69) is 7.05 Å². The van der Waals surface area contributed by atoms with Crippen molar-refractivity contribution in [1.29, 1.82) is 0 Å². The van der Waals surface area contributed by atoms with Gasteiger partial charge in [-0.25, -0.2) is 0 Å². The second-order valence-electron chi connectivity index (χ2n) is 2.16.